The molecule has 1 atom stereocenters. The Morgan fingerprint density at radius 1 is 1.53 bits per heavy atom. The van der Waals surface area contributed by atoms with E-state index >= 15 is 0 Å². The third-order valence-corrected chi connectivity index (χ3v) is 2.92. The first-order valence-corrected chi connectivity index (χ1v) is 5.73. The van der Waals surface area contributed by atoms with E-state index in [1.165, 1.54) is 5.57 Å². The van der Waals surface area contributed by atoms with Crippen LogP contribution in [0.5, 0.6) is 0 Å². The van der Waals surface area contributed by atoms with Crippen molar-refractivity contribution >= 4 is 5.97 Å². The number of carboxylic acid groups (broad SMARTS) is 1. The van der Waals surface area contributed by atoms with Crippen LogP contribution in [0, 0.1) is 0 Å². The predicted octanol–water partition coefficient (Wildman–Crippen LogP) is 3.10. The van der Waals surface area contributed by atoms with E-state index in [1.54, 1.807) is 6.26 Å². The van der Waals surface area contributed by atoms with E-state index in [9.17, 15) is 9.90 Å². The molecule has 0 saturated carbocycles. The molecule has 1 aliphatic heterocycles. The molecule has 0 aliphatic carbocycles. The number of carbonyl (C=O) groups is 1. The van der Waals surface area contributed by atoms with Crippen molar-refractivity contribution in [3.63, 3.8) is 0 Å². The van der Waals surface area contributed by atoms with Gasteiger partial charge >= 0.3 is 5.97 Å². The maximum absolute atomic E-state index is 11.2. The third-order valence-electron chi connectivity index (χ3n) is 2.92. The summed E-state index contributed by atoms with van der Waals surface area (Å²) in [4.78, 5) is 11.2. The van der Waals surface area contributed by atoms with Crippen LogP contribution in [0.1, 0.15) is 52.4 Å². The van der Waals surface area contributed by atoms with Gasteiger partial charge in [0.25, 0.3) is 0 Å². The number of ether oxygens (including phenoxy) is 1. The van der Waals surface area contributed by atoms with Crippen LogP contribution in [0.2, 0.25) is 0 Å². The van der Waals surface area contributed by atoms with Gasteiger partial charge in [-0.3, -0.25) is 0 Å². The zero-order chi connectivity index (χ0) is 11.3. The van der Waals surface area contributed by atoms with E-state index in [2.05, 4.69) is 6.92 Å². The van der Waals surface area contributed by atoms with Crippen LogP contribution in [-0.2, 0) is 9.53 Å². The molecule has 0 aromatic carbocycles. The largest absolute Gasteiger partial charge is 0.483 e. The van der Waals surface area contributed by atoms with Crippen LogP contribution in [-0.4, -0.2) is 16.7 Å². The van der Waals surface area contributed by atoms with Gasteiger partial charge in [-0.15, -0.1) is 0 Å². The van der Waals surface area contributed by atoms with Gasteiger partial charge < -0.3 is 9.84 Å². The second-order valence-electron chi connectivity index (χ2n) is 4.19. The second kappa shape index (κ2) is 5.19. The summed E-state index contributed by atoms with van der Waals surface area (Å²) >= 11 is 0. The fraction of sp³-hybridized carbons (Fsp3) is 0.750. The topological polar surface area (TPSA) is 46.5 Å². The lowest BCUT2D eigenvalue weighted by molar-refractivity contribution is -0.162. The number of hydrogen-bond donors (Lipinski definition) is 1. The fourth-order valence-electron chi connectivity index (χ4n) is 2.03. The SMILES string of the molecule is CCCC1=COC(CCC)(C(=O)O)CC1. The van der Waals surface area contributed by atoms with E-state index in [0.717, 1.165) is 25.7 Å². The summed E-state index contributed by atoms with van der Waals surface area (Å²) < 4.78 is 5.47. The highest BCUT2D eigenvalue weighted by Gasteiger charge is 2.40. The van der Waals surface area contributed by atoms with E-state index < -0.39 is 11.6 Å². The molecule has 0 spiro atoms. The summed E-state index contributed by atoms with van der Waals surface area (Å²) in [5.74, 6) is -0.823. The lowest BCUT2D eigenvalue weighted by Gasteiger charge is -2.32. The lowest BCUT2D eigenvalue weighted by Crippen LogP contribution is -2.42. The Bertz CT molecular complexity index is 258. The highest BCUT2D eigenvalue weighted by Crippen LogP contribution is 2.33. The van der Waals surface area contributed by atoms with Gasteiger partial charge in [0.1, 0.15) is 0 Å². The third kappa shape index (κ3) is 2.74. The first kappa shape index (κ1) is 12.1. The summed E-state index contributed by atoms with van der Waals surface area (Å²) in [6.45, 7) is 4.10. The van der Waals surface area contributed by atoms with Crippen molar-refractivity contribution in [3.8, 4) is 0 Å². The molecule has 0 fully saturated rings. The number of hydrogen-bond acceptors (Lipinski definition) is 2. The molecule has 3 nitrogen and oxygen atoms in total. The normalized spacial score (nSPS) is 25.6. The zero-order valence-electron chi connectivity index (χ0n) is 9.58. The van der Waals surface area contributed by atoms with Crippen LogP contribution in [0.3, 0.4) is 0 Å². The zero-order valence-corrected chi connectivity index (χ0v) is 9.58. The van der Waals surface area contributed by atoms with Gasteiger partial charge in [-0.25, -0.2) is 4.79 Å². The molecule has 1 N–H and O–H groups in total. The van der Waals surface area contributed by atoms with Gasteiger partial charge in [-0.1, -0.05) is 26.7 Å². The van der Waals surface area contributed by atoms with Crippen molar-refractivity contribution < 1.29 is 14.6 Å². The Labute approximate surface area is 91.1 Å². The highest BCUT2D eigenvalue weighted by atomic mass is 16.5. The average molecular weight is 212 g/mol. The Morgan fingerprint density at radius 2 is 2.27 bits per heavy atom. The maximum atomic E-state index is 11.2. The standard InChI is InChI=1S/C12H20O3/c1-3-5-10-6-8-12(7-4-2,11(13)14)15-9-10/h9H,3-8H2,1-2H3,(H,13,14). The first-order valence-electron chi connectivity index (χ1n) is 5.73. The quantitative estimate of drug-likeness (QED) is 0.761. The number of allylic oxidation sites excluding steroid dienone is 1. The van der Waals surface area contributed by atoms with Gasteiger partial charge in [-0.05, 0) is 24.8 Å². The number of aliphatic carboxylic acids is 1. The molecule has 86 valence electrons. The van der Waals surface area contributed by atoms with E-state index in [0.29, 0.717) is 12.8 Å². The molecule has 0 bridgehead atoms. The van der Waals surface area contributed by atoms with Crippen molar-refractivity contribution in [1.29, 1.82) is 0 Å². The van der Waals surface area contributed by atoms with Gasteiger partial charge in [0.15, 0.2) is 0 Å². The van der Waals surface area contributed by atoms with Crippen LogP contribution >= 0.6 is 0 Å². The second-order valence-corrected chi connectivity index (χ2v) is 4.19. The highest BCUT2D eigenvalue weighted by molar-refractivity contribution is 5.77. The van der Waals surface area contributed by atoms with Gasteiger partial charge in [0, 0.05) is 6.42 Å². The van der Waals surface area contributed by atoms with E-state index in [4.69, 9.17) is 4.74 Å². The molecule has 1 heterocycles. The van der Waals surface area contributed by atoms with E-state index in [1.807, 2.05) is 6.92 Å². The molecule has 1 rings (SSSR count). The number of carboxylic acids is 1. The van der Waals surface area contributed by atoms with Gasteiger partial charge in [0.2, 0.25) is 5.60 Å². The minimum Gasteiger partial charge on any atom is -0.483 e. The van der Waals surface area contributed by atoms with Gasteiger partial charge in [0.05, 0.1) is 6.26 Å². The Kier molecular flexibility index (Phi) is 4.18. The monoisotopic (exact) mass is 212 g/mol. The summed E-state index contributed by atoms with van der Waals surface area (Å²) in [5, 5.41) is 9.18. The average Bonchev–Trinajstić information content (AvgIpc) is 2.21. The van der Waals surface area contributed by atoms with Crippen molar-refractivity contribution in [2.75, 3.05) is 0 Å². The smallest absolute Gasteiger partial charge is 0.348 e. The molecule has 15 heavy (non-hydrogen) atoms. The van der Waals surface area contributed by atoms with Crippen LogP contribution in [0.25, 0.3) is 0 Å². The summed E-state index contributed by atoms with van der Waals surface area (Å²) in [6, 6.07) is 0. The molecular formula is C12H20O3. The summed E-state index contributed by atoms with van der Waals surface area (Å²) in [7, 11) is 0. The predicted molar refractivity (Wildman–Crippen MR) is 58.6 cm³/mol. The van der Waals surface area contributed by atoms with E-state index in [-0.39, 0.29) is 0 Å². The molecule has 0 aromatic rings. The molecular weight excluding hydrogens is 192 g/mol. The van der Waals surface area contributed by atoms with Crippen molar-refractivity contribution in [3.05, 3.63) is 11.8 Å². The van der Waals surface area contributed by atoms with Crippen LogP contribution < -0.4 is 0 Å². The first-order chi connectivity index (χ1) is 7.14. The molecule has 0 saturated heterocycles. The summed E-state index contributed by atoms with van der Waals surface area (Å²) in [5.41, 5.74) is 0.289. The molecule has 1 aliphatic rings. The number of rotatable bonds is 5. The molecule has 0 amide bonds. The minimum atomic E-state index is -0.952. The summed E-state index contributed by atoms with van der Waals surface area (Å²) in [6.07, 6.45) is 6.69. The van der Waals surface area contributed by atoms with Crippen LogP contribution in [0.4, 0.5) is 0 Å². The maximum Gasteiger partial charge on any atom is 0.348 e. The van der Waals surface area contributed by atoms with Crippen molar-refractivity contribution in [2.24, 2.45) is 0 Å². The van der Waals surface area contributed by atoms with Crippen molar-refractivity contribution in [2.45, 2.75) is 58.0 Å². The molecule has 0 radical (unpaired) electrons. The van der Waals surface area contributed by atoms with Crippen LogP contribution in [0.15, 0.2) is 11.8 Å². The fourth-order valence-corrected chi connectivity index (χ4v) is 2.03. The molecule has 3 heteroatoms. The Balaban J connectivity index is 2.68. The Hall–Kier alpha value is -0.990. The molecule has 1 unspecified atom stereocenters. The van der Waals surface area contributed by atoms with Gasteiger partial charge in [-0.2, -0.15) is 0 Å². The molecule has 0 aromatic heterocycles. The minimum absolute atomic E-state index is 0.595. The lowest BCUT2D eigenvalue weighted by atomic mass is 9.88. The Morgan fingerprint density at radius 3 is 2.67 bits per heavy atom. The van der Waals surface area contributed by atoms with Crippen molar-refractivity contribution in [1.82, 2.24) is 0 Å².